The van der Waals surface area contributed by atoms with E-state index in [0.717, 1.165) is 19.7 Å². The normalized spacial score (nSPS) is 27.0. The molecule has 2 saturated heterocycles. The Hall–Kier alpha value is -0.160. The molecule has 2 rings (SSSR count). The summed E-state index contributed by atoms with van der Waals surface area (Å²) in [6.45, 7) is 16.0. The molecule has 2 aliphatic rings. The summed E-state index contributed by atoms with van der Waals surface area (Å²) >= 11 is 0. The van der Waals surface area contributed by atoms with E-state index in [1.54, 1.807) is 0 Å². The fourth-order valence-electron chi connectivity index (χ4n) is 2.95. The molecule has 112 valence electrons. The molecule has 1 unspecified atom stereocenters. The molecule has 0 saturated carbocycles. The van der Waals surface area contributed by atoms with E-state index < -0.39 is 0 Å². The minimum absolute atomic E-state index is 0.324. The Bertz CT molecular complexity index is 251. The van der Waals surface area contributed by atoms with E-state index in [1.165, 1.54) is 45.6 Å². The fourth-order valence-corrected chi connectivity index (χ4v) is 2.95. The van der Waals surface area contributed by atoms with Crippen LogP contribution in [0.3, 0.4) is 0 Å². The Balaban J connectivity index is 1.53. The first-order valence-corrected chi connectivity index (χ1v) is 7.85. The van der Waals surface area contributed by atoms with E-state index >= 15 is 0 Å². The van der Waals surface area contributed by atoms with Crippen molar-refractivity contribution in [2.45, 2.75) is 45.3 Å². The van der Waals surface area contributed by atoms with Gasteiger partial charge >= 0.3 is 0 Å². The summed E-state index contributed by atoms with van der Waals surface area (Å²) in [4.78, 5) is 5.16. The van der Waals surface area contributed by atoms with Crippen LogP contribution in [0.2, 0.25) is 0 Å². The van der Waals surface area contributed by atoms with E-state index in [2.05, 4.69) is 35.9 Å². The molecule has 4 heteroatoms. The Morgan fingerprint density at radius 1 is 1.16 bits per heavy atom. The van der Waals surface area contributed by atoms with Gasteiger partial charge in [-0.2, -0.15) is 0 Å². The fraction of sp³-hybridized carbons (Fsp3) is 1.00. The molecule has 0 radical (unpaired) electrons. The lowest BCUT2D eigenvalue weighted by Crippen LogP contribution is -2.54. The second-order valence-electron chi connectivity index (χ2n) is 6.84. The maximum atomic E-state index is 5.61. The maximum absolute atomic E-state index is 5.61. The van der Waals surface area contributed by atoms with Crippen molar-refractivity contribution >= 4 is 0 Å². The first-order chi connectivity index (χ1) is 9.05. The second kappa shape index (κ2) is 7.02. The monoisotopic (exact) mass is 269 g/mol. The minimum atomic E-state index is 0.324. The topological polar surface area (TPSA) is 27.7 Å². The molecule has 0 amide bonds. The van der Waals surface area contributed by atoms with Gasteiger partial charge < -0.3 is 10.1 Å². The highest BCUT2D eigenvalue weighted by Crippen LogP contribution is 2.15. The average molecular weight is 269 g/mol. The molecule has 0 aromatic carbocycles. The van der Waals surface area contributed by atoms with Crippen molar-refractivity contribution in [3.05, 3.63) is 0 Å². The van der Waals surface area contributed by atoms with E-state index in [-0.39, 0.29) is 0 Å². The molecule has 1 N–H and O–H groups in total. The highest BCUT2D eigenvalue weighted by molar-refractivity contribution is 4.82. The van der Waals surface area contributed by atoms with Gasteiger partial charge in [-0.15, -0.1) is 0 Å². The van der Waals surface area contributed by atoms with Gasteiger partial charge in [0.1, 0.15) is 0 Å². The van der Waals surface area contributed by atoms with Crippen LogP contribution < -0.4 is 5.32 Å². The Labute approximate surface area is 118 Å². The van der Waals surface area contributed by atoms with Crippen molar-refractivity contribution < 1.29 is 4.74 Å². The largest absolute Gasteiger partial charge is 0.377 e. The molecule has 0 spiro atoms. The lowest BCUT2D eigenvalue weighted by molar-refractivity contribution is 0.0617. The first kappa shape index (κ1) is 15.2. The number of nitrogens with zero attached hydrogens (tertiary/aromatic N) is 2. The number of rotatable bonds is 5. The van der Waals surface area contributed by atoms with Gasteiger partial charge in [0.15, 0.2) is 0 Å². The van der Waals surface area contributed by atoms with Crippen LogP contribution in [0, 0.1) is 0 Å². The molecule has 0 bridgehead atoms. The molecule has 0 aromatic rings. The van der Waals surface area contributed by atoms with Gasteiger partial charge in [0.25, 0.3) is 0 Å². The van der Waals surface area contributed by atoms with Crippen LogP contribution in [0.25, 0.3) is 0 Å². The predicted molar refractivity (Wildman–Crippen MR) is 79.6 cm³/mol. The molecule has 2 heterocycles. The molecule has 0 aliphatic carbocycles. The van der Waals surface area contributed by atoms with E-state index in [0.29, 0.717) is 11.6 Å². The van der Waals surface area contributed by atoms with Gasteiger partial charge in [0.2, 0.25) is 0 Å². The van der Waals surface area contributed by atoms with Crippen molar-refractivity contribution in [1.29, 1.82) is 0 Å². The minimum Gasteiger partial charge on any atom is -0.377 e. The van der Waals surface area contributed by atoms with Crippen LogP contribution in [0.1, 0.15) is 33.6 Å². The third kappa shape index (κ3) is 5.03. The summed E-state index contributed by atoms with van der Waals surface area (Å²) in [6.07, 6.45) is 2.94. The zero-order chi connectivity index (χ0) is 13.7. The number of hydrogen-bond acceptors (Lipinski definition) is 4. The van der Waals surface area contributed by atoms with E-state index in [9.17, 15) is 0 Å². The van der Waals surface area contributed by atoms with Crippen molar-refractivity contribution in [1.82, 2.24) is 15.1 Å². The Morgan fingerprint density at radius 2 is 1.89 bits per heavy atom. The van der Waals surface area contributed by atoms with Crippen LogP contribution in [0.15, 0.2) is 0 Å². The quantitative estimate of drug-likeness (QED) is 0.758. The van der Waals surface area contributed by atoms with Crippen molar-refractivity contribution in [2.24, 2.45) is 0 Å². The smallest absolute Gasteiger partial charge is 0.0700 e. The van der Waals surface area contributed by atoms with Crippen LogP contribution >= 0.6 is 0 Å². The average Bonchev–Trinajstić information content (AvgIpc) is 2.87. The van der Waals surface area contributed by atoms with Crippen LogP contribution in [0.5, 0.6) is 0 Å². The molecule has 19 heavy (non-hydrogen) atoms. The van der Waals surface area contributed by atoms with Gasteiger partial charge in [-0.1, -0.05) is 0 Å². The Kier molecular flexibility index (Phi) is 5.63. The molecular formula is C15H31N3O. The highest BCUT2D eigenvalue weighted by Gasteiger charge is 2.25. The van der Waals surface area contributed by atoms with Gasteiger partial charge in [-0.05, 0) is 33.6 Å². The zero-order valence-electron chi connectivity index (χ0n) is 13.0. The molecule has 1 atom stereocenters. The van der Waals surface area contributed by atoms with Crippen LogP contribution in [0.4, 0.5) is 0 Å². The predicted octanol–water partition coefficient (Wildman–Crippen LogP) is 1.17. The number of piperazine rings is 1. The number of ether oxygens (including phenoxy) is 1. The molecule has 2 fully saturated rings. The Morgan fingerprint density at radius 3 is 2.47 bits per heavy atom. The molecule has 2 aliphatic heterocycles. The van der Waals surface area contributed by atoms with Gasteiger partial charge in [0, 0.05) is 58.0 Å². The number of nitrogens with one attached hydrogen (secondary N) is 1. The molecular weight excluding hydrogens is 238 g/mol. The molecule has 4 nitrogen and oxygen atoms in total. The van der Waals surface area contributed by atoms with Gasteiger partial charge in [-0.3, -0.25) is 9.80 Å². The number of hydrogen-bond donors (Lipinski definition) is 1. The summed E-state index contributed by atoms with van der Waals surface area (Å²) in [6, 6.07) is 0. The standard InChI is InChI=1S/C15H31N3O/c1-15(2,3)18-10-8-17(9-11-18)7-6-16-13-14-5-4-12-19-14/h14,16H,4-13H2,1-3H3. The highest BCUT2D eigenvalue weighted by atomic mass is 16.5. The van der Waals surface area contributed by atoms with Gasteiger partial charge in [0.05, 0.1) is 6.10 Å². The second-order valence-corrected chi connectivity index (χ2v) is 6.84. The lowest BCUT2D eigenvalue weighted by Gasteiger charge is -2.42. The van der Waals surface area contributed by atoms with Crippen molar-refractivity contribution in [2.75, 3.05) is 52.4 Å². The third-order valence-corrected chi connectivity index (χ3v) is 4.32. The maximum Gasteiger partial charge on any atom is 0.0700 e. The SMILES string of the molecule is CC(C)(C)N1CCN(CCNCC2CCCO2)CC1. The third-order valence-electron chi connectivity index (χ3n) is 4.32. The van der Waals surface area contributed by atoms with E-state index in [1.807, 2.05) is 0 Å². The first-order valence-electron chi connectivity index (χ1n) is 7.85. The van der Waals surface area contributed by atoms with E-state index in [4.69, 9.17) is 4.74 Å². The lowest BCUT2D eigenvalue weighted by atomic mass is 10.1. The summed E-state index contributed by atoms with van der Waals surface area (Å²) in [5.74, 6) is 0. The van der Waals surface area contributed by atoms with Gasteiger partial charge in [-0.25, -0.2) is 0 Å². The summed E-state index contributed by atoms with van der Waals surface area (Å²) in [5, 5.41) is 3.54. The van der Waals surface area contributed by atoms with Crippen molar-refractivity contribution in [3.63, 3.8) is 0 Å². The summed E-state index contributed by atoms with van der Waals surface area (Å²) in [5.41, 5.74) is 0.324. The summed E-state index contributed by atoms with van der Waals surface area (Å²) in [7, 11) is 0. The molecule has 0 aromatic heterocycles. The van der Waals surface area contributed by atoms with Crippen molar-refractivity contribution in [3.8, 4) is 0 Å². The summed E-state index contributed by atoms with van der Waals surface area (Å²) < 4.78 is 5.61. The van der Waals surface area contributed by atoms with Crippen LogP contribution in [-0.4, -0.2) is 73.9 Å². The zero-order valence-corrected chi connectivity index (χ0v) is 13.0. The van der Waals surface area contributed by atoms with Crippen LogP contribution in [-0.2, 0) is 4.74 Å².